The van der Waals surface area contributed by atoms with Gasteiger partial charge in [-0.05, 0) is 24.6 Å². The molecule has 3 heterocycles. The minimum atomic E-state index is -0.0360. The summed E-state index contributed by atoms with van der Waals surface area (Å²) in [7, 11) is 0. The number of carbonyl (C=O) groups excluding carboxylic acids is 1. The van der Waals surface area contributed by atoms with Crippen molar-refractivity contribution in [1.29, 1.82) is 0 Å². The number of fused-ring (bicyclic) bond motifs is 1. The lowest BCUT2D eigenvalue weighted by molar-refractivity contribution is -0.116. The number of benzene rings is 1. The number of hydrogen-bond donors (Lipinski definition) is 1. The minimum absolute atomic E-state index is 0.0360. The van der Waals surface area contributed by atoms with Crippen LogP contribution < -0.4 is 14.8 Å². The van der Waals surface area contributed by atoms with Crippen molar-refractivity contribution >= 4 is 11.7 Å². The van der Waals surface area contributed by atoms with Gasteiger partial charge in [-0.3, -0.25) is 9.69 Å². The van der Waals surface area contributed by atoms with E-state index in [0.29, 0.717) is 24.8 Å². The fourth-order valence-corrected chi connectivity index (χ4v) is 3.36. The zero-order chi connectivity index (χ0) is 18.6. The van der Waals surface area contributed by atoms with Gasteiger partial charge in [-0.15, -0.1) is 0 Å². The second-order valence-corrected chi connectivity index (χ2v) is 6.93. The van der Waals surface area contributed by atoms with Crippen molar-refractivity contribution in [3.05, 3.63) is 35.6 Å². The van der Waals surface area contributed by atoms with Crippen molar-refractivity contribution in [2.24, 2.45) is 0 Å². The number of aromatic nitrogens is 1. The van der Waals surface area contributed by atoms with Gasteiger partial charge in [0.15, 0.2) is 17.3 Å². The summed E-state index contributed by atoms with van der Waals surface area (Å²) in [6, 6.07) is 7.84. The highest BCUT2D eigenvalue weighted by Crippen LogP contribution is 2.32. The van der Waals surface area contributed by atoms with Crippen molar-refractivity contribution in [2.75, 3.05) is 44.8 Å². The molecule has 0 unspecified atom stereocenters. The van der Waals surface area contributed by atoms with Gasteiger partial charge in [0.05, 0.1) is 0 Å². The van der Waals surface area contributed by atoms with Gasteiger partial charge in [0.2, 0.25) is 12.7 Å². The van der Waals surface area contributed by atoms with Gasteiger partial charge in [0.25, 0.3) is 0 Å². The molecule has 0 aliphatic carbocycles. The fraction of sp³-hybridized carbons (Fsp3) is 0.474. The first kappa shape index (κ1) is 17.8. The standard InChI is InChI=1S/C19H24N4O4/c1-14-10-18(21-27-14)20-19(24)4-5-22-6-8-23(9-7-22)12-15-2-3-16-17(11-15)26-13-25-16/h2-3,10-11H,4-9,12-13H2,1H3,(H,20,21,24). The number of nitrogens with zero attached hydrogens (tertiary/aromatic N) is 3. The Kier molecular flexibility index (Phi) is 5.26. The number of carbonyl (C=O) groups is 1. The van der Waals surface area contributed by atoms with Crippen LogP contribution in [0.3, 0.4) is 0 Å². The minimum Gasteiger partial charge on any atom is -0.454 e. The fourth-order valence-electron chi connectivity index (χ4n) is 3.36. The summed E-state index contributed by atoms with van der Waals surface area (Å²) in [5.74, 6) is 2.78. The Balaban J connectivity index is 1.18. The van der Waals surface area contributed by atoms with Crippen LogP contribution >= 0.6 is 0 Å². The molecule has 1 aromatic carbocycles. The number of ether oxygens (including phenoxy) is 2. The van der Waals surface area contributed by atoms with Gasteiger partial charge in [-0.2, -0.15) is 0 Å². The molecule has 2 aromatic rings. The van der Waals surface area contributed by atoms with Crippen LogP contribution in [-0.4, -0.2) is 60.4 Å². The highest BCUT2D eigenvalue weighted by atomic mass is 16.7. The molecule has 0 spiro atoms. The van der Waals surface area contributed by atoms with E-state index in [4.69, 9.17) is 14.0 Å². The van der Waals surface area contributed by atoms with Crippen molar-refractivity contribution in [3.8, 4) is 11.5 Å². The van der Waals surface area contributed by atoms with E-state index in [2.05, 4.69) is 32.4 Å². The summed E-state index contributed by atoms with van der Waals surface area (Å²) < 4.78 is 15.8. The first-order chi connectivity index (χ1) is 13.2. The molecular formula is C19H24N4O4. The van der Waals surface area contributed by atoms with Gasteiger partial charge >= 0.3 is 0 Å². The molecule has 1 amide bonds. The second kappa shape index (κ2) is 7.98. The first-order valence-electron chi connectivity index (χ1n) is 9.22. The smallest absolute Gasteiger partial charge is 0.231 e. The van der Waals surface area contributed by atoms with E-state index in [9.17, 15) is 4.79 Å². The van der Waals surface area contributed by atoms with Crippen LogP contribution in [0.2, 0.25) is 0 Å². The predicted octanol–water partition coefficient (Wildman–Crippen LogP) is 1.86. The molecule has 1 N–H and O–H groups in total. The molecular weight excluding hydrogens is 348 g/mol. The molecule has 8 nitrogen and oxygen atoms in total. The highest BCUT2D eigenvalue weighted by Gasteiger charge is 2.19. The molecule has 1 saturated heterocycles. The van der Waals surface area contributed by atoms with Crippen molar-refractivity contribution in [2.45, 2.75) is 19.9 Å². The van der Waals surface area contributed by atoms with Gasteiger partial charge < -0.3 is 24.2 Å². The van der Waals surface area contributed by atoms with Crippen LogP contribution in [-0.2, 0) is 11.3 Å². The Morgan fingerprint density at radius 1 is 1.11 bits per heavy atom. The number of piperazine rings is 1. The van der Waals surface area contributed by atoms with Gasteiger partial charge in [-0.1, -0.05) is 11.2 Å². The Morgan fingerprint density at radius 2 is 1.89 bits per heavy atom. The quantitative estimate of drug-likeness (QED) is 0.829. The molecule has 0 bridgehead atoms. The van der Waals surface area contributed by atoms with Crippen LogP contribution in [0.15, 0.2) is 28.8 Å². The molecule has 27 heavy (non-hydrogen) atoms. The molecule has 1 fully saturated rings. The summed E-state index contributed by atoms with van der Waals surface area (Å²) in [6.07, 6.45) is 0.452. The number of nitrogens with one attached hydrogen (secondary N) is 1. The molecule has 144 valence electrons. The monoisotopic (exact) mass is 372 g/mol. The molecule has 2 aliphatic rings. The summed E-state index contributed by atoms with van der Waals surface area (Å²) in [5, 5.41) is 6.54. The number of amides is 1. The second-order valence-electron chi connectivity index (χ2n) is 6.93. The summed E-state index contributed by atoms with van der Waals surface area (Å²) in [4.78, 5) is 16.8. The zero-order valence-corrected chi connectivity index (χ0v) is 15.4. The Hall–Kier alpha value is -2.58. The SMILES string of the molecule is Cc1cc(NC(=O)CCN2CCN(Cc3ccc4c(c3)OCO4)CC2)no1. The van der Waals surface area contributed by atoms with E-state index in [1.165, 1.54) is 5.56 Å². The van der Waals surface area contributed by atoms with E-state index in [1.807, 2.05) is 6.07 Å². The van der Waals surface area contributed by atoms with Gasteiger partial charge in [0, 0.05) is 51.8 Å². The maximum atomic E-state index is 12.0. The third-order valence-corrected chi connectivity index (χ3v) is 4.86. The molecule has 8 heteroatoms. The maximum absolute atomic E-state index is 12.0. The van der Waals surface area contributed by atoms with E-state index >= 15 is 0 Å². The largest absolute Gasteiger partial charge is 0.454 e. The number of rotatable bonds is 6. The Morgan fingerprint density at radius 3 is 2.67 bits per heavy atom. The van der Waals surface area contributed by atoms with Crippen molar-refractivity contribution in [1.82, 2.24) is 15.0 Å². The normalized spacial score (nSPS) is 17.2. The van der Waals surface area contributed by atoms with Gasteiger partial charge in [0.1, 0.15) is 5.76 Å². The lowest BCUT2D eigenvalue weighted by Gasteiger charge is -2.34. The molecule has 0 radical (unpaired) electrons. The van der Waals surface area contributed by atoms with Crippen LogP contribution in [0.1, 0.15) is 17.7 Å². The van der Waals surface area contributed by atoms with Crippen LogP contribution in [0.5, 0.6) is 11.5 Å². The summed E-state index contributed by atoms with van der Waals surface area (Å²) in [6.45, 7) is 7.64. The van der Waals surface area contributed by atoms with E-state index in [0.717, 1.165) is 50.8 Å². The lowest BCUT2D eigenvalue weighted by Crippen LogP contribution is -2.46. The van der Waals surface area contributed by atoms with Crippen LogP contribution in [0.4, 0.5) is 5.82 Å². The topological polar surface area (TPSA) is 80.1 Å². The third-order valence-electron chi connectivity index (χ3n) is 4.86. The third kappa shape index (κ3) is 4.58. The number of aryl methyl sites for hydroxylation is 1. The van der Waals surface area contributed by atoms with Crippen LogP contribution in [0, 0.1) is 6.92 Å². The number of anilines is 1. The first-order valence-corrected chi connectivity index (χ1v) is 9.22. The summed E-state index contributed by atoms with van der Waals surface area (Å²) >= 11 is 0. The average molecular weight is 372 g/mol. The number of hydrogen-bond acceptors (Lipinski definition) is 7. The molecule has 4 rings (SSSR count). The Bertz CT molecular complexity index is 799. The molecule has 1 aromatic heterocycles. The molecule has 2 aliphatic heterocycles. The van der Waals surface area contributed by atoms with E-state index in [-0.39, 0.29) is 5.91 Å². The molecule has 0 saturated carbocycles. The van der Waals surface area contributed by atoms with Crippen molar-refractivity contribution < 1.29 is 18.8 Å². The van der Waals surface area contributed by atoms with E-state index < -0.39 is 0 Å². The van der Waals surface area contributed by atoms with Crippen LogP contribution in [0.25, 0.3) is 0 Å². The predicted molar refractivity (Wildman–Crippen MR) is 98.8 cm³/mol. The van der Waals surface area contributed by atoms with Crippen molar-refractivity contribution in [3.63, 3.8) is 0 Å². The lowest BCUT2D eigenvalue weighted by atomic mass is 10.1. The zero-order valence-electron chi connectivity index (χ0n) is 15.4. The average Bonchev–Trinajstić information content (AvgIpc) is 3.29. The maximum Gasteiger partial charge on any atom is 0.231 e. The summed E-state index contributed by atoms with van der Waals surface area (Å²) in [5.41, 5.74) is 1.23. The molecule has 0 atom stereocenters. The Labute approximate surface area is 158 Å². The highest BCUT2D eigenvalue weighted by molar-refractivity contribution is 5.89. The van der Waals surface area contributed by atoms with Gasteiger partial charge in [-0.25, -0.2) is 0 Å². The van der Waals surface area contributed by atoms with E-state index in [1.54, 1.807) is 13.0 Å².